The van der Waals surface area contributed by atoms with Crippen molar-refractivity contribution in [2.45, 2.75) is 6.92 Å². The van der Waals surface area contributed by atoms with Crippen LogP contribution in [0, 0.1) is 6.92 Å². The first kappa shape index (κ1) is 17.6. The highest BCUT2D eigenvalue weighted by Crippen LogP contribution is 2.24. The van der Waals surface area contributed by atoms with Crippen molar-refractivity contribution < 1.29 is 4.79 Å². The molecular formula is C21H21ClN4O. The number of amides is 1. The summed E-state index contributed by atoms with van der Waals surface area (Å²) in [7, 11) is 0. The molecule has 0 spiro atoms. The van der Waals surface area contributed by atoms with Gasteiger partial charge in [-0.05, 0) is 36.2 Å². The predicted molar refractivity (Wildman–Crippen MR) is 108 cm³/mol. The Morgan fingerprint density at radius 3 is 2.44 bits per heavy atom. The van der Waals surface area contributed by atoms with Gasteiger partial charge in [-0.15, -0.1) is 0 Å². The molecule has 0 bridgehead atoms. The van der Waals surface area contributed by atoms with Gasteiger partial charge in [-0.25, -0.2) is 0 Å². The Morgan fingerprint density at radius 1 is 1.04 bits per heavy atom. The molecule has 2 aromatic carbocycles. The summed E-state index contributed by atoms with van der Waals surface area (Å²) >= 11 is 5.95. The highest BCUT2D eigenvalue weighted by molar-refractivity contribution is 6.30. The van der Waals surface area contributed by atoms with Crippen molar-refractivity contribution >= 4 is 23.3 Å². The maximum absolute atomic E-state index is 12.8. The zero-order valence-electron chi connectivity index (χ0n) is 15.2. The third-order valence-electron chi connectivity index (χ3n) is 4.99. The summed E-state index contributed by atoms with van der Waals surface area (Å²) in [6.07, 6.45) is 0. The standard InChI is InChI=1S/C21H21ClN4O/c1-15-4-2-3-5-18(15)21(27)26-12-10-25(11-13-26)20-14-19(23-24-20)16-6-8-17(22)9-7-16/h2-9,14H,10-13H2,1H3,(H,23,24). The Hall–Kier alpha value is -2.79. The summed E-state index contributed by atoms with van der Waals surface area (Å²) in [6.45, 7) is 4.89. The zero-order valence-corrected chi connectivity index (χ0v) is 15.9. The topological polar surface area (TPSA) is 52.2 Å². The predicted octanol–water partition coefficient (Wildman–Crippen LogP) is 4.00. The van der Waals surface area contributed by atoms with Gasteiger partial charge in [-0.2, -0.15) is 5.10 Å². The molecule has 1 amide bonds. The SMILES string of the molecule is Cc1ccccc1C(=O)N1CCN(c2cc(-c3ccc(Cl)cc3)[nH]n2)CC1. The first-order valence-electron chi connectivity index (χ1n) is 9.03. The van der Waals surface area contributed by atoms with Crippen molar-refractivity contribution in [3.63, 3.8) is 0 Å². The number of halogens is 1. The second-order valence-electron chi connectivity index (χ2n) is 6.74. The van der Waals surface area contributed by atoms with E-state index in [9.17, 15) is 4.79 Å². The minimum absolute atomic E-state index is 0.108. The summed E-state index contributed by atoms with van der Waals surface area (Å²) in [4.78, 5) is 16.9. The molecule has 1 aromatic heterocycles. The number of carbonyl (C=O) groups excluding carboxylic acids is 1. The van der Waals surface area contributed by atoms with Crippen LogP contribution in [0.25, 0.3) is 11.3 Å². The van der Waals surface area contributed by atoms with E-state index in [0.717, 1.165) is 41.3 Å². The number of benzene rings is 2. The second kappa shape index (κ2) is 7.45. The van der Waals surface area contributed by atoms with Gasteiger partial charge in [0.25, 0.3) is 5.91 Å². The number of H-pyrrole nitrogens is 1. The van der Waals surface area contributed by atoms with Crippen LogP contribution in [0.5, 0.6) is 0 Å². The Morgan fingerprint density at radius 2 is 1.74 bits per heavy atom. The molecule has 4 rings (SSSR count). The minimum Gasteiger partial charge on any atom is -0.352 e. The fourth-order valence-electron chi connectivity index (χ4n) is 3.37. The molecule has 0 unspecified atom stereocenters. The van der Waals surface area contributed by atoms with Crippen LogP contribution in [-0.2, 0) is 0 Å². The lowest BCUT2D eigenvalue weighted by Crippen LogP contribution is -2.49. The number of piperazine rings is 1. The Kier molecular flexibility index (Phi) is 4.86. The van der Waals surface area contributed by atoms with Crippen LogP contribution in [-0.4, -0.2) is 47.2 Å². The van der Waals surface area contributed by atoms with Crippen LogP contribution in [0.15, 0.2) is 54.6 Å². The Bertz CT molecular complexity index is 943. The fourth-order valence-corrected chi connectivity index (χ4v) is 3.50. The zero-order chi connectivity index (χ0) is 18.8. The monoisotopic (exact) mass is 380 g/mol. The lowest BCUT2D eigenvalue weighted by atomic mass is 10.1. The van der Waals surface area contributed by atoms with Crippen LogP contribution in [0.4, 0.5) is 5.82 Å². The number of aromatic amines is 1. The van der Waals surface area contributed by atoms with Gasteiger partial charge in [0.15, 0.2) is 5.82 Å². The van der Waals surface area contributed by atoms with E-state index in [1.165, 1.54) is 0 Å². The van der Waals surface area contributed by atoms with Crippen molar-refractivity contribution in [1.29, 1.82) is 0 Å². The number of hydrogen-bond acceptors (Lipinski definition) is 3. The number of nitrogens with zero attached hydrogens (tertiary/aromatic N) is 3. The van der Waals surface area contributed by atoms with Crippen molar-refractivity contribution in [1.82, 2.24) is 15.1 Å². The van der Waals surface area contributed by atoms with E-state index in [1.807, 2.05) is 66.4 Å². The molecule has 0 atom stereocenters. The van der Waals surface area contributed by atoms with Gasteiger partial charge in [0.1, 0.15) is 0 Å². The van der Waals surface area contributed by atoms with E-state index in [4.69, 9.17) is 11.6 Å². The average molecular weight is 381 g/mol. The van der Waals surface area contributed by atoms with Crippen molar-refractivity contribution in [3.05, 3.63) is 70.7 Å². The van der Waals surface area contributed by atoms with Crippen LogP contribution in [0.3, 0.4) is 0 Å². The number of rotatable bonds is 3. The molecule has 27 heavy (non-hydrogen) atoms. The summed E-state index contributed by atoms with van der Waals surface area (Å²) in [5.74, 6) is 1.01. The lowest BCUT2D eigenvalue weighted by Gasteiger charge is -2.35. The van der Waals surface area contributed by atoms with Crippen molar-refractivity contribution in [3.8, 4) is 11.3 Å². The molecule has 1 saturated heterocycles. The molecule has 0 aliphatic carbocycles. The summed E-state index contributed by atoms with van der Waals surface area (Å²) < 4.78 is 0. The molecule has 1 aliphatic rings. The average Bonchev–Trinajstić information content (AvgIpc) is 3.19. The summed E-state index contributed by atoms with van der Waals surface area (Å²) in [6, 6.07) is 17.5. The number of aryl methyl sites for hydroxylation is 1. The number of nitrogens with one attached hydrogen (secondary N) is 1. The lowest BCUT2D eigenvalue weighted by molar-refractivity contribution is 0.0746. The first-order valence-corrected chi connectivity index (χ1v) is 9.41. The Labute approximate surface area is 163 Å². The molecular weight excluding hydrogens is 360 g/mol. The maximum atomic E-state index is 12.8. The van der Waals surface area contributed by atoms with Crippen LogP contribution in [0.1, 0.15) is 15.9 Å². The van der Waals surface area contributed by atoms with E-state index in [1.54, 1.807) is 0 Å². The molecule has 2 heterocycles. The molecule has 5 nitrogen and oxygen atoms in total. The van der Waals surface area contributed by atoms with E-state index < -0.39 is 0 Å². The van der Waals surface area contributed by atoms with Crippen LogP contribution < -0.4 is 4.90 Å². The molecule has 1 aliphatic heterocycles. The third kappa shape index (κ3) is 3.69. The Balaban J connectivity index is 1.42. The van der Waals surface area contributed by atoms with Crippen LogP contribution >= 0.6 is 11.6 Å². The highest BCUT2D eigenvalue weighted by atomic mass is 35.5. The smallest absolute Gasteiger partial charge is 0.254 e. The largest absolute Gasteiger partial charge is 0.352 e. The molecule has 0 radical (unpaired) electrons. The van der Waals surface area contributed by atoms with E-state index >= 15 is 0 Å². The van der Waals surface area contributed by atoms with Crippen molar-refractivity contribution in [2.24, 2.45) is 0 Å². The number of hydrogen-bond donors (Lipinski definition) is 1. The normalized spacial score (nSPS) is 14.4. The van der Waals surface area contributed by atoms with E-state index in [-0.39, 0.29) is 5.91 Å². The molecule has 1 N–H and O–H groups in total. The van der Waals surface area contributed by atoms with Crippen molar-refractivity contribution in [2.75, 3.05) is 31.1 Å². The fraction of sp³-hybridized carbons (Fsp3) is 0.238. The van der Waals surface area contributed by atoms with E-state index in [2.05, 4.69) is 15.1 Å². The summed E-state index contributed by atoms with van der Waals surface area (Å²) in [5, 5.41) is 8.25. The van der Waals surface area contributed by atoms with Gasteiger partial charge in [0.05, 0.1) is 5.69 Å². The van der Waals surface area contributed by atoms with Crippen LogP contribution in [0.2, 0.25) is 5.02 Å². The number of carbonyl (C=O) groups is 1. The van der Waals surface area contributed by atoms with Gasteiger partial charge in [-0.1, -0.05) is 41.9 Å². The summed E-state index contributed by atoms with van der Waals surface area (Å²) in [5.41, 5.74) is 3.81. The van der Waals surface area contributed by atoms with Gasteiger partial charge in [0.2, 0.25) is 0 Å². The maximum Gasteiger partial charge on any atom is 0.254 e. The van der Waals surface area contributed by atoms with Gasteiger partial charge in [0, 0.05) is 42.8 Å². The highest BCUT2D eigenvalue weighted by Gasteiger charge is 2.24. The number of anilines is 1. The number of aromatic nitrogens is 2. The third-order valence-corrected chi connectivity index (χ3v) is 5.24. The van der Waals surface area contributed by atoms with Gasteiger partial charge >= 0.3 is 0 Å². The molecule has 6 heteroatoms. The second-order valence-corrected chi connectivity index (χ2v) is 7.18. The quantitative estimate of drug-likeness (QED) is 0.747. The minimum atomic E-state index is 0.108. The molecule has 3 aromatic rings. The molecule has 1 fully saturated rings. The van der Waals surface area contributed by atoms with Gasteiger partial charge in [-0.3, -0.25) is 9.89 Å². The molecule has 0 saturated carbocycles. The molecule has 138 valence electrons. The first-order chi connectivity index (χ1) is 13.1. The van der Waals surface area contributed by atoms with E-state index in [0.29, 0.717) is 18.1 Å². The van der Waals surface area contributed by atoms with Gasteiger partial charge < -0.3 is 9.80 Å².